The van der Waals surface area contributed by atoms with Crippen molar-refractivity contribution in [1.29, 1.82) is 0 Å². The minimum Gasteiger partial charge on any atom is -0.268 e. The van der Waals surface area contributed by atoms with Gasteiger partial charge in [0.25, 0.3) is 5.91 Å². The zero-order valence-corrected chi connectivity index (χ0v) is 18.4. The van der Waals surface area contributed by atoms with E-state index < -0.39 is 17.5 Å². The summed E-state index contributed by atoms with van der Waals surface area (Å²) in [7, 11) is 0. The normalized spacial score (nSPS) is 11.5. The van der Waals surface area contributed by atoms with Gasteiger partial charge in [-0.15, -0.1) is 0 Å². The summed E-state index contributed by atoms with van der Waals surface area (Å²) in [5.74, 6) is -2.24. The van der Waals surface area contributed by atoms with Crippen molar-refractivity contribution in [1.82, 2.24) is 9.55 Å². The quantitative estimate of drug-likeness (QED) is 0.245. The summed E-state index contributed by atoms with van der Waals surface area (Å²) in [5.41, 5.74) is 1.82. The average molecular weight is 469 g/mol. The van der Waals surface area contributed by atoms with Crippen LogP contribution in [0.5, 0.6) is 0 Å². The van der Waals surface area contributed by atoms with Crippen LogP contribution in [0.15, 0.2) is 91.0 Å². The smallest absolute Gasteiger partial charge is 0.264 e. The topological polar surface area (TPSA) is 34.9 Å². The first-order valence-electron chi connectivity index (χ1n) is 10.6. The lowest BCUT2D eigenvalue weighted by atomic mass is 9.96. The van der Waals surface area contributed by atoms with Crippen molar-refractivity contribution >= 4 is 50.1 Å². The molecule has 1 heterocycles. The predicted octanol–water partition coefficient (Wildman–Crippen LogP) is 7.63. The van der Waals surface area contributed by atoms with E-state index in [1.54, 1.807) is 18.2 Å². The third-order valence-corrected chi connectivity index (χ3v) is 6.22. The fourth-order valence-electron chi connectivity index (χ4n) is 4.43. The Morgan fingerprint density at radius 2 is 1.44 bits per heavy atom. The Morgan fingerprint density at radius 1 is 0.765 bits per heavy atom. The van der Waals surface area contributed by atoms with Gasteiger partial charge in [-0.1, -0.05) is 60.1 Å². The van der Waals surface area contributed by atoms with Crippen molar-refractivity contribution < 1.29 is 13.6 Å². The number of carbonyl (C=O) groups is 1. The molecule has 1 aromatic heterocycles. The molecule has 164 valence electrons. The van der Waals surface area contributed by atoms with E-state index in [-0.39, 0.29) is 5.56 Å². The molecule has 5 aromatic carbocycles. The van der Waals surface area contributed by atoms with E-state index in [9.17, 15) is 13.6 Å². The van der Waals surface area contributed by atoms with Crippen LogP contribution >= 0.6 is 11.6 Å². The molecule has 0 saturated carbocycles. The third kappa shape index (κ3) is 3.17. The maximum absolute atomic E-state index is 14.0. The average Bonchev–Trinajstić information content (AvgIpc) is 3.21. The van der Waals surface area contributed by atoms with Gasteiger partial charge in [0.15, 0.2) is 11.6 Å². The molecule has 0 aliphatic rings. The number of hydrogen-bond acceptors (Lipinski definition) is 2. The Morgan fingerprint density at radius 3 is 2.12 bits per heavy atom. The van der Waals surface area contributed by atoms with Crippen molar-refractivity contribution in [3.63, 3.8) is 0 Å². The SMILES string of the molecule is O=C(c1ccc(F)c(F)c1)n1c(-c2c3ccccc3cc3ccccc23)nc2ccc(Cl)cc21. The Bertz CT molecular complexity index is 1720. The molecule has 0 atom stereocenters. The molecule has 0 bridgehead atoms. The highest BCUT2D eigenvalue weighted by Crippen LogP contribution is 2.38. The highest BCUT2D eigenvalue weighted by Gasteiger charge is 2.23. The van der Waals surface area contributed by atoms with Gasteiger partial charge in [-0.3, -0.25) is 9.36 Å². The van der Waals surface area contributed by atoms with Crippen LogP contribution < -0.4 is 0 Å². The molecule has 0 amide bonds. The molecule has 6 heteroatoms. The number of benzene rings is 5. The molecular weight excluding hydrogens is 454 g/mol. The molecule has 34 heavy (non-hydrogen) atoms. The standard InChI is InChI=1S/C28H15ClF2N2O/c29-19-10-12-24-25(15-19)33(28(34)18-9-11-22(30)23(31)14-18)27(32-24)26-20-7-3-1-5-16(20)13-17-6-2-4-8-21(17)26/h1-15H. The molecule has 0 aliphatic heterocycles. The number of aromatic nitrogens is 2. The number of imidazole rings is 1. The van der Waals surface area contributed by atoms with Crippen molar-refractivity contribution in [2.24, 2.45) is 0 Å². The van der Waals surface area contributed by atoms with E-state index in [4.69, 9.17) is 16.6 Å². The van der Waals surface area contributed by atoms with Gasteiger partial charge in [0, 0.05) is 16.1 Å². The minimum absolute atomic E-state index is 0.00367. The summed E-state index contributed by atoms with van der Waals surface area (Å²) in [5, 5.41) is 4.26. The summed E-state index contributed by atoms with van der Waals surface area (Å²) in [4.78, 5) is 18.6. The maximum atomic E-state index is 14.0. The van der Waals surface area contributed by atoms with E-state index in [0.717, 1.165) is 39.2 Å². The fraction of sp³-hybridized carbons (Fsp3) is 0. The molecule has 0 spiro atoms. The van der Waals surface area contributed by atoms with Gasteiger partial charge in [0.1, 0.15) is 5.82 Å². The van der Waals surface area contributed by atoms with Gasteiger partial charge in [0.05, 0.1) is 11.0 Å². The van der Waals surface area contributed by atoms with E-state index >= 15 is 0 Å². The van der Waals surface area contributed by atoms with Gasteiger partial charge in [-0.2, -0.15) is 0 Å². The van der Waals surface area contributed by atoms with E-state index in [0.29, 0.717) is 21.9 Å². The van der Waals surface area contributed by atoms with Gasteiger partial charge in [0.2, 0.25) is 0 Å². The third-order valence-electron chi connectivity index (χ3n) is 5.98. The summed E-state index contributed by atoms with van der Waals surface area (Å²) in [6, 6.07) is 26.0. The van der Waals surface area contributed by atoms with E-state index in [1.165, 1.54) is 10.6 Å². The lowest BCUT2D eigenvalue weighted by Crippen LogP contribution is -2.14. The first-order chi connectivity index (χ1) is 16.5. The first-order valence-corrected chi connectivity index (χ1v) is 11.0. The number of carbonyl (C=O) groups excluding carboxylic acids is 1. The number of nitrogens with zero attached hydrogens (tertiary/aromatic N) is 2. The Hall–Kier alpha value is -4.09. The molecule has 0 fully saturated rings. The highest BCUT2D eigenvalue weighted by atomic mass is 35.5. The van der Waals surface area contributed by atoms with Gasteiger partial charge < -0.3 is 0 Å². The molecule has 0 aliphatic carbocycles. The summed E-state index contributed by atoms with van der Waals surface area (Å²) >= 11 is 6.27. The number of fused-ring (bicyclic) bond motifs is 3. The fourth-order valence-corrected chi connectivity index (χ4v) is 4.60. The van der Waals surface area contributed by atoms with Gasteiger partial charge >= 0.3 is 0 Å². The number of hydrogen-bond donors (Lipinski definition) is 0. The second-order valence-corrected chi connectivity index (χ2v) is 8.47. The second kappa shape index (κ2) is 7.75. The number of rotatable bonds is 2. The van der Waals surface area contributed by atoms with Crippen LogP contribution in [0.4, 0.5) is 8.78 Å². The van der Waals surface area contributed by atoms with Gasteiger partial charge in [-0.05, 0) is 64.0 Å². The lowest BCUT2D eigenvalue weighted by molar-refractivity contribution is 0.0966. The van der Waals surface area contributed by atoms with E-state index in [1.807, 2.05) is 48.5 Å². The van der Waals surface area contributed by atoms with E-state index in [2.05, 4.69) is 6.07 Å². The zero-order valence-electron chi connectivity index (χ0n) is 17.6. The molecule has 0 radical (unpaired) electrons. The van der Waals surface area contributed by atoms with Crippen LogP contribution in [-0.4, -0.2) is 15.5 Å². The molecular formula is C28H15ClF2N2O. The second-order valence-electron chi connectivity index (χ2n) is 8.03. The summed E-state index contributed by atoms with van der Waals surface area (Å²) in [6.07, 6.45) is 0. The molecule has 6 aromatic rings. The van der Waals surface area contributed by atoms with Crippen molar-refractivity contribution in [2.45, 2.75) is 0 Å². The van der Waals surface area contributed by atoms with Crippen LogP contribution in [0.3, 0.4) is 0 Å². The van der Waals surface area contributed by atoms with Crippen molar-refractivity contribution in [2.75, 3.05) is 0 Å². The van der Waals surface area contributed by atoms with Gasteiger partial charge in [-0.25, -0.2) is 13.8 Å². The van der Waals surface area contributed by atoms with Crippen LogP contribution in [0.2, 0.25) is 5.02 Å². The highest BCUT2D eigenvalue weighted by molar-refractivity contribution is 6.31. The van der Waals surface area contributed by atoms with Crippen molar-refractivity contribution in [3.05, 3.63) is 113 Å². The molecule has 6 rings (SSSR count). The first kappa shape index (κ1) is 20.5. The Kier molecular flexibility index (Phi) is 4.67. The largest absolute Gasteiger partial charge is 0.268 e. The monoisotopic (exact) mass is 468 g/mol. The Labute approximate surface area is 197 Å². The van der Waals surface area contributed by atoms with Crippen molar-refractivity contribution in [3.8, 4) is 11.4 Å². The molecule has 0 unspecified atom stereocenters. The van der Waals surface area contributed by atoms with Crippen LogP contribution in [0, 0.1) is 11.6 Å². The molecule has 0 N–H and O–H groups in total. The number of halogens is 3. The molecule has 0 saturated heterocycles. The zero-order chi connectivity index (χ0) is 23.4. The van der Waals surface area contributed by atoms with Crippen LogP contribution in [0.25, 0.3) is 44.0 Å². The molecule has 3 nitrogen and oxygen atoms in total. The summed E-state index contributed by atoms with van der Waals surface area (Å²) in [6.45, 7) is 0. The summed E-state index contributed by atoms with van der Waals surface area (Å²) < 4.78 is 29.0. The van der Waals surface area contributed by atoms with Crippen LogP contribution in [0.1, 0.15) is 10.4 Å². The lowest BCUT2D eigenvalue weighted by Gasteiger charge is -2.14. The Balaban J connectivity index is 1.75. The minimum atomic E-state index is -1.09. The van der Waals surface area contributed by atoms with Crippen LogP contribution in [-0.2, 0) is 0 Å². The maximum Gasteiger partial charge on any atom is 0.264 e. The predicted molar refractivity (Wildman–Crippen MR) is 131 cm³/mol.